The first-order valence-electron chi connectivity index (χ1n) is 6.41. The van der Waals surface area contributed by atoms with E-state index in [-0.39, 0.29) is 5.69 Å². The first kappa shape index (κ1) is 12.7. The van der Waals surface area contributed by atoms with E-state index < -0.39 is 5.97 Å². The van der Waals surface area contributed by atoms with Gasteiger partial charge >= 0.3 is 5.97 Å². The van der Waals surface area contributed by atoms with Crippen LogP contribution in [0.15, 0.2) is 18.5 Å². The third-order valence-corrected chi connectivity index (χ3v) is 3.40. The molecule has 0 atom stereocenters. The van der Waals surface area contributed by atoms with E-state index in [1.165, 1.54) is 0 Å². The van der Waals surface area contributed by atoms with Crippen molar-refractivity contribution in [3.63, 3.8) is 0 Å². The molecule has 0 saturated carbocycles. The number of hydrogen-bond acceptors (Lipinski definition) is 5. The van der Waals surface area contributed by atoms with Gasteiger partial charge in [0.25, 0.3) is 0 Å². The smallest absolute Gasteiger partial charge is 0.354 e. The highest BCUT2D eigenvalue weighted by Crippen LogP contribution is 2.23. The summed E-state index contributed by atoms with van der Waals surface area (Å²) in [4.78, 5) is 24.2. The summed E-state index contributed by atoms with van der Waals surface area (Å²) in [6, 6.07) is 1.81. The summed E-state index contributed by atoms with van der Waals surface area (Å²) < 4.78 is 0. The van der Waals surface area contributed by atoms with Crippen molar-refractivity contribution in [1.29, 1.82) is 0 Å². The monoisotopic (exact) mass is 270 g/mol. The van der Waals surface area contributed by atoms with Crippen molar-refractivity contribution in [2.45, 2.75) is 19.9 Å². The average molecular weight is 270 g/mol. The molecule has 2 aromatic rings. The Morgan fingerprint density at radius 1 is 1.40 bits per heavy atom. The number of rotatable bonds is 2. The summed E-state index contributed by atoms with van der Waals surface area (Å²) in [7, 11) is 0. The molecule has 0 radical (unpaired) electrons. The number of carboxylic acid groups (broad SMARTS) is 1. The van der Waals surface area contributed by atoms with Gasteiger partial charge in [-0.2, -0.15) is 0 Å². The molecule has 0 unspecified atom stereocenters. The number of carboxylic acids is 1. The molecule has 0 amide bonds. The fourth-order valence-electron chi connectivity index (χ4n) is 2.36. The lowest BCUT2D eigenvalue weighted by molar-refractivity contribution is 0.0688. The number of nitrogens with one attached hydrogen (secondary N) is 1. The van der Waals surface area contributed by atoms with E-state index >= 15 is 0 Å². The van der Waals surface area contributed by atoms with Crippen LogP contribution in [-0.2, 0) is 13.0 Å². The van der Waals surface area contributed by atoms with E-state index in [4.69, 9.17) is 0 Å². The van der Waals surface area contributed by atoms with Crippen LogP contribution in [0.3, 0.4) is 0 Å². The molecule has 2 N–H and O–H groups in total. The van der Waals surface area contributed by atoms with Crippen molar-refractivity contribution in [2.75, 3.05) is 6.54 Å². The zero-order valence-corrected chi connectivity index (χ0v) is 11.1. The number of carbonyl (C=O) groups is 1. The molecule has 3 rings (SSSR count). The maximum Gasteiger partial charge on any atom is 0.354 e. The van der Waals surface area contributed by atoms with Crippen LogP contribution in [0, 0.1) is 6.92 Å². The fraction of sp³-hybridized carbons (Fsp3) is 0.286. The Bertz CT molecular complexity index is 685. The van der Waals surface area contributed by atoms with E-state index in [9.17, 15) is 9.90 Å². The minimum Gasteiger partial charge on any atom is -0.476 e. The second-order valence-electron chi connectivity index (χ2n) is 4.74. The van der Waals surface area contributed by atoms with Crippen LogP contribution in [0.5, 0.6) is 0 Å². The summed E-state index contributed by atoms with van der Waals surface area (Å²) in [6.45, 7) is 3.22. The van der Waals surface area contributed by atoms with Crippen LogP contribution in [-0.4, -0.2) is 32.6 Å². The Morgan fingerprint density at radius 3 is 3.00 bits per heavy atom. The lowest BCUT2D eigenvalue weighted by Crippen LogP contribution is -2.28. The Hall–Kier alpha value is -2.34. The lowest BCUT2D eigenvalue weighted by Gasteiger charge is -2.18. The van der Waals surface area contributed by atoms with Gasteiger partial charge in [-0.1, -0.05) is 0 Å². The molecule has 1 aliphatic heterocycles. The first-order valence-corrected chi connectivity index (χ1v) is 6.41. The molecule has 3 heterocycles. The number of pyridine rings is 1. The molecule has 0 aliphatic carbocycles. The highest BCUT2D eigenvalue weighted by Gasteiger charge is 2.22. The number of aromatic nitrogens is 3. The molecule has 0 fully saturated rings. The molecule has 0 aromatic carbocycles. The highest BCUT2D eigenvalue weighted by molar-refractivity contribution is 5.88. The standard InChI is InChI=1S/C14H14N4O2/c1-8-6-15-4-2-9(8)13-17-11-3-5-16-7-10(11)12(18-13)14(19)20/h2,4,6,16H,3,5,7H2,1H3,(H,19,20). The van der Waals surface area contributed by atoms with Crippen molar-refractivity contribution in [3.05, 3.63) is 41.0 Å². The molecule has 20 heavy (non-hydrogen) atoms. The predicted octanol–water partition coefficient (Wildman–Crippen LogP) is 1.19. The van der Waals surface area contributed by atoms with E-state index in [2.05, 4.69) is 20.3 Å². The molecule has 6 nitrogen and oxygen atoms in total. The number of fused-ring (bicyclic) bond motifs is 1. The average Bonchev–Trinajstić information content (AvgIpc) is 2.46. The molecule has 1 aliphatic rings. The molecule has 6 heteroatoms. The Morgan fingerprint density at radius 2 is 2.25 bits per heavy atom. The van der Waals surface area contributed by atoms with Gasteiger partial charge in [0.05, 0.1) is 5.69 Å². The number of nitrogens with zero attached hydrogens (tertiary/aromatic N) is 3. The highest BCUT2D eigenvalue weighted by atomic mass is 16.4. The first-order chi connectivity index (χ1) is 9.66. The molecular weight excluding hydrogens is 256 g/mol. The predicted molar refractivity (Wildman–Crippen MR) is 72.4 cm³/mol. The van der Waals surface area contributed by atoms with Gasteiger partial charge in [-0.3, -0.25) is 4.98 Å². The summed E-state index contributed by atoms with van der Waals surface area (Å²) in [6.07, 6.45) is 4.10. The second kappa shape index (κ2) is 4.97. The summed E-state index contributed by atoms with van der Waals surface area (Å²) in [5.41, 5.74) is 3.36. The Balaban J connectivity index is 2.20. The van der Waals surface area contributed by atoms with Crippen LogP contribution in [0.1, 0.15) is 27.3 Å². The summed E-state index contributed by atoms with van der Waals surface area (Å²) >= 11 is 0. The van der Waals surface area contributed by atoms with Crippen LogP contribution < -0.4 is 5.32 Å². The van der Waals surface area contributed by atoms with E-state index in [1.54, 1.807) is 12.4 Å². The maximum absolute atomic E-state index is 11.4. The van der Waals surface area contributed by atoms with Gasteiger partial charge in [-0.25, -0.2) is 14.8 Å². The number of aromatic carboxylic acids is 1. The van der Waals surface area contributed by atoms with Crippen molar-refractivity contribution < 1.29 is 9.90 Å². The van der Waals surface area contributed by atoms with E-state index in [0.717, 1.165) is 29.8 Å². The minimum atomic E-state index is -1.01. The van der Waals surface area contributed by atoms with Crippen molar-refractivity contribution >= 4 is 5.97 Å². The normalized spacial score (nSPS) is 13.8. The molecule has 0 spiro atoms. The van der Waals surface area contributed by atoms with Crippen LogP contribution in [0.4, 0.5) is 0 Å². The topological polar surface area (TPSA) is 88.0 Å². The lowest BCUT2D eigenvalue weighted by atomic mass is 10.0. The van der Waals surface area contributed by atoms with Crippen molar-refractivity contribution in [2.24, 2.45) is 0 Å². The van der Waals surface area contributed by atoms with E-state index in [1.807, 2.05) is 13.0 Å². The maximum atomic E-state index is 11.4. The van der Waals surface area contributed by atoms with Crippen LogP contribution in [0.25, 0.3) is 11.4 Å². The molecule has 0 saturated heterocycles. The number of hydrogen-bond donors (Lipinski definition) is 2. The van der Waals surface area contributed by atoms with Crippen LogP contribution in [0.2, 0.25) is 0 Å². The minimum absolute atomic E-state index is 0.0911. The van der Waals surface area contributed by atoms with Gasteiger partial charge in [-0.15, -0.1) is 0 Å². The summed E-state index contributed by atoms with van der Waals surface area (Å²) in [5.74, 6) is -0.553. The number of aryl methyl sites for hydroxylation is 1. The molecule has 0 bridgehead atoms. The molecule has 102 valence electrons. The zero-order valence-electron chi connectivity index (χ0n) is 11.1. The third-order valence-electron chi connectivity index (χ3n) is 3.40. The van der Waals surface area contributed by atoms with Gasteiger partial charge < -0.3 is 10.4 Å². The fourth-order valence-corrected chi connectivity index (χ4v) is 2.36. The van der Waals surface area contributed by atoms with E-state index in [0.29, 0.717) is 17.9 Å². The zero-order chi connectivity index (χ0) is 14.1. The second-order valence-corrected chi connectivity index (χ2v) is 4.74. The van der Waals surface area contributed by atoms with Gasteiger partial charge in [-0.05, 0) is 18.6 Å². The van der Waals surface area contributed by atoms with Gasteiger partial charge in [0.1, 0.15) is 0 Å². The third kappa shape index (κ3) is 2.14. The quantitative estimate of drug-likeness (QED) is 0.852. The molecular formula is C14H14N4O2. The molecule has 2 aromatic heterocycles. The summed E-state index contributed by atoms with van der Waals surface area (Å²) in [5, 5.41) is 12.5. The largest absolute Gasteiger partial charge is 0.476 e. The Kier molecular flexibility index (Phi) is 3.15. The van der Waals surface area contributed by atoms with Gasteiger partial charge in [0.2, 0.25) is 0 Å². The van der Waals surface area contributed by atoms with Crippen molar-refractivity contribution in [3.8, 4) is 11.4 Å². The van der Waals surface area contributed by atoms with Crippen molar-refractivity contribution in [1.82, 2.24) is 20.3 Å². The Labute approximate surface area is 115 Å². The SMILES string of the molecule is Cc1cnccc1-c1nc2c(c(C(=O)O)n1)CNCC2. The van der Waals surface area contributed by atoms with Crippen LogP contribution >= 0.6 is 0 Å². The van der Waals surface area contributed by atoms with Gasteiger partial charge in [0, 0.05) is 43.0 Å². The van der Waals surface area contributed by atoms with Gasteiger partial charge in [0.15, 0.2) is 11.5 Å².